The summed E-state index contributed by atoms with van der Waals surface area (Å²) in [4.78, 5) is 0. The molecule has 2 N–H and O–H groups in total. The molecule has 188 valence electrons. The number of fused-ring (bicyclic) bond motifs is 2. The molecule has 4 nitrogen and oxygen atoms in total. The normalized spacial score (nSPS) is 23.2. The zero-order valence-corrected chi connectivity index (χ0v) is 22.2. The lowest BCUT2D eigenvalue weighted by Gasteiger charge is -2.32. The largest absolute Gasteiger partial charge is 0.496 e. The summed E-state index contributed by atoms with van der Waals surface area (Å²) in [5.74, 6) is 3.28. The number of hydrogen-bond donors (Lipinski definition) is 2. The Morgan fingerprint density at radius 3 is 1.47 bits per heavy atom. The van der Waals surface area contributed by atoms with Gasteiger partial charge in [0.2, 0.25) is 0 Å². The molecule has 34 heavy (non-hydrogen) atoms. The van der Waals surface area contributed by atoms with Crippen molar-refractivity contribution in [3.63, 3.8) is 0 Å². The summed E-state index contributed by atoms with van der Waals surface area (Å²) in [6, 6.07) is 14.1. The van der Waals surface area contributed by atoms with Crippen LogP contribution in [0.4, 0.5) is 0 Å². The second-order valence-corrected chi connectivity index (χ2v) is 9.83. The summed E-state index contributed by atoms with van der Waals surface area (Å²) < 4.78 is 10.9. The van der Waals surface area contributed by atoms with Gasteiger partial charge in [-0.2, -0.15) is 0 Å². The van der Waals surface area contributed by atoms with E-state index < -0.39 is 0 Å². The van der Waals surface area contributed by atoms with Gasteiger partial charge in [-0.25, -0.2) is 0 Å². The van der Waals surface area contributed by atoms with Crippen LogP contribution in [0.25, 0.3) is 0 Å². The SMILES string of the molecule is CCCN[C@@H]1CCc2c(OC)cccc2[C@@H]1C.CCCN[C@@H]1CCc2c(OC)cccc2[C@@H]1C. The number of nitrogens with one attached hydrogen (secondary N) is 2. The van der Waals surface area contributed by atoms with Crippen molar-refractivity contribution in [3.05, 3.63) is 58.7 Å². The minimum atomic E-state index is 0.584. The van der Waals surface area contributed by atoms with Crippen LogP contribution < -0.4 is 20.1 Å². The zero-order valence-electron chi connectivity index (χ0n) is 22.2. The number of ether oxygens (including phenoxy) is 2. The Labute approximate surface area is 207 Å². The third kappa shape index (κ3) is 6.14. The van der Waals surface area contributed by atoms with Crippen molar-refractivity contribution in [3.8, 4) is 11.5 Å². The highest BCUT2D eigenvalue weighted by Gasteiger charge is 2.28. The lowest BCUT2D eigenvalue weighted by molar-refractivity contribution is 0.378. The highest BCUT2D eigenvalue weighted by molar-refractivity contribution is 5.45. The van der Waals surface area contributed by atoms with Crippen LogP contribution in [-0.4, -0.2) is 39.4 Å². The molecule has 4 atom stereocenters. The van der Waals surface area contributed by atoms with E-state index in [-0.39, 0.29) is 0 Å². The van der Waals surface area contributed by atoms with E-state index in [4.69, 9.17) is 9.47 Å². The quantitative estimate of drug-likeness (QED) is 0.484. The molecule has 0 saturated heterocycles. The van der Waals surface area contributed by atoms with Crippen molar-refractivity contribution >= 4 is 0 Å². The summed E-state index contributed by atoms with van der Waals surface area (Å²) in [7, 11) is 3.53. The van der Waals surface area contributed by atoms with E-state index in [1.807, 2.05) is 0 Å². The van der Waals surface area contributed by atoms with Gasteiger partial charge in [-0.1, -0.05) is 52.0 Å². The first-order chi connectivity index (χ1) is 16.5. The van der Waals surface area contributed by atoms with Gasteiger partial charge in [0.25, 0.3) is 0 Å². The Kier molecular flexibility index (Phi) is 10.3. The molecule has 4 heteroatoms. The van der Waals surface area contributed by atoms with E-state index in [9.17, 15) is 0 Å². The van der Waals surface area contributed by atoms with E-state index in [0.717, 1.165) is 37.4 Å². The average Bonchev–Trinajstić information content (AvgIpc) is 2.88. The van der Waals surface area contributed by atoms with Crippen LogP contribution in [-0.2, 0) is 12.8 Å². The van der Waals surface area contributed by atoms with Crippen molar-refractivity contribution in [2.45, 2.75) is 90.1 Å². The number of hydrogen-bond acceptors (Lipinski definition) is 4. The van der Waals surface area contributed by atoms with Gasteiger partial charge in [-0.15, -0.1) is 0 Å². The van der Waals surface area contributed by atoms with Crippen molar-refractivity contribution < 1.29 is 9.47 Å². The maximum atomic E-state index is 5.46. The molecular formula is C30H46N2O2. The Hall–Kier alpha value is -2.04. The molecule has 0 heterocycles. The lowest BCUT2D eigenvalue weighted by Crippen LogP contribution is -2.37. The first kappa shape index (κ1) is 26.6. The highest BCUT2D eigenvalue weighted by atomic mass is 16.5. The maximum Gasteiger partial charge on any atom is 0.122 e. The number of benzene rings is 2. The molecule has 0 aromatic heterocycles. The summed E-state index contributed by atoms with van der Waals surface area (Å²) >= 11 is 0. The molecule has 0 bridgehead atoms. The third-order valence-electron chi connectivity index (χ3n) is 7.69. The van der Waals surface area contributed by atoms with Gasteiger partial charge in [0, 0.05) is 12.1 Å². The standard InChI is InChI=1S/2C15H23NO/c2*1-4-10-16-14-9-8-13-12(11(14)2)6-5-7-15(13)17-3/h2*5-7,11,14,16H,4,8-10H2,1-3H3/t2*11-,14+/m00/s1. The van der Waals surface area contributed by atoms with Gasteiger partial charge >= 0.3 is 0 Å². The molecular weight excluding hydrogens is 420 g/mol. The summed E-state index contributed by atoms with van der Waals surface area (Å²) in [6.07, 6.45) is 7.10. The third-order valence-corrected chi connectivity index (χ3v) is 7.69. The zero-order chi connectivity index (χ0) is 24.5. The Balaban J connectivity index is 0.000000191. The Bertz CT molecular complexity index is 824. The van der Waals surface area contributed by atoms with Gasteiger partial charge < -0.3 is 20.1 Å². The molecule has 0 radical (unpaired) electrons. The van der Waals surface area contributed by atoms with Gasteiger partial charge in [-0.05, 0) is 97.8 Å². The number of methoxy groups -OCH3 is 2. The molecule has 0 fully saturated rings. The summed E-state index contributed by atoms with van der Waals surface area (Å²) in [6.45, 7) is 11.3. The van der Waals surface area contributed by atoms with E-state index in [1.54, 1.807) is 14.2 Å². The smallest absolute Gasteiger partial charge is 0.122 e. The highest BCUT2D eigenvalue weighted by Crippen LogP contribution is 2.37. The van der Waals surface area contributed by atoms with E-state index in [0.29, 0.717) is 23.9 Å². The van der Waals surface area contributed by atoms with Crippen molar-refractivity contribution in [1.82, 2.24) is 10.6 Å². The molecule has 2 aromatic carbocycles. The molecule has 0 amide bonds. The average molecular weight is 467 g/mol. The topological polar surface area (TPSA) is 42.5 Å². The fourth-order valence-electron chi connectivity index (χ4n) is 5.69. The minimum Gasteiger partial charge on any atom is -0.496 e. The van der Waals surface area contributed by atoms with Gasteiger partial charge in [-0.3, -0.25) is 0 Å². The van der Waals surface area contributed by atoms with Crippen LogP contribution in [0.2, 0.25) is 0 Å². The number of rotatable bonds is 8. The minimum absolute atomic E-state index is 0.584. The van der Waals surface area contributed by atoms with E-state index >= 15 is 0 Å². The van der Waals surface area contributed by atoms with E-state index in [1.165, 1.54) is 47.9 Å². The second kappa shape index (κ2) is 13.2. The van der Waals surface area contributed by atoms with Crippen LogP contribution in [0.3, 0.4) is 0 Å². The Morgan fingerprint density at radius 2 is 1.12 bits per heavy atom. The van der Waals surface area contributed by atoms with E-state index in [2.05, 4.69) is 74.7 Å². The molecule has 2 aliphatic rings. The van der Waals surface area contributed by atoms with Crippen molar-refractivity contribution in [1.29, 1.82) is 0 Å². The summed E-state index contributed by atoms with van der Waals surface area (Å²) in [5.41, 5.74) is 5.75. The van der Waals surface area contributed by atoms with Crippen LogP contribution in [0, 0.1) is 0 Å². The Morgan fingerprint density at radius 1 is 0.706 bits per heavy atom. The van der Waals surface area contributed by atoms with Crippen LogP contribution >= 0.6 is 0 Å². The first-order valence-corrected chi connectivity index (χ1v) is 13.3. The van der Waals surface area contributed by atoms with Gasteiger partial charge in [0.1, 0.15) is 11.5 Å². The lowest BCUT2D eigenvalue weighted by atomic mass is 9.80. The molecule has 2 aromatic rings. The van der Waals surface area contributed by atoms with Crippen LogP contribution in [0.5, 0.6) is 11.5 Å². The monoisotopic (exact) mass is 466 g/mol. The molecule has 0 unspecified atom stereocenters. The van der Waals surface area contributed by atoms with Crippen molar-refractivity contribution in [2.24, 2.45) is 0 Å². The maximum absolute atomic E-state index is 5.46. The first-order valence-electron chi connectivity index (χ1n) is 13.3. The molecule has 2 aliphatic carbocycles. The fourth-order valence-corrected chi connectivity index (χ4v) is 5.69. The van der Waals surface area contributed by atoms with Gasteiger partial charge in [0.05, 0.1) is 14.2 Å². The van der Waals surface area contributed by atoms with Crippen LogP contribution in [0.15, 0.2) is 36.4 Å². The van der Waals surface area contributed by atoms with Gasteiger partial charge in [0.15, 0.2) is 0 Å². The molecule has 0 aliphatic heterocycles. The fraction of sp³-hybridized carbons (Fsp3) is 0.600. The predicted octanol–water partition coefficient (Wildman–Crippen LogP) is 6.23. The summed E-state index contributed by atoms with van der Waals surface area (Å²) in [5, 5.41) is 7.32. The molecule has 0 saturated carbocycles. The van der Waals surface area contributed by atoms with Crippen molar-refractivity contribution in [2.75, 3.05) is 27.3 Å². The van der Waals surface area contributed by atoms with Crippen LogP contribution in [0.1, 0.15) is 87.5 Å². The molecule has 0 spiro atoms. The predicted molar refractivity (Wildman–Crippen MR) is 144 cm³/mol. The second-order valence-electron chi connectivity index (χ2n) is 9.83. The molecule has 4 rings (SSSR count).